The number of piperidine rings is 2. The first-order valence-corrected chi connectivity index (χ1v) is 22.1. The Morgan fingerprint density at radius 1 is 0.797 bits per heavy atom. The van der Waals surface area contributed by atoms with Gasteiger partial charge in [-0.05, 0) is 111 Å². The molecular formula is C43H46ClN7O7S. The fourth-order valence-electron chi connectivity index (χ4n) is 8.85. The number of rotatable bonds is 10. The number of ether oxygens (including phenoxy) is 1. The highest BCUT2D eigenvalue weighted by molar-refractivity contribution is 7.90. The molecule has 1 saturated carbocycles. The summed E-state index contributed by atoms with van der Waals surface area (Å²) in [6.45, 7) is 6.14. The second-order valence-corrected chi connectivity index (χ2v) is 18.1. The number of nitrogens with zero attached hydrogens (tertiary/aromatic N) is 6. The highest BCUT2D eigenvalue weighted by Crippen LogP contribution is 2.33. The Labute approximate surface area is 348 Å². The third kappa shape index (κ3) is 8.85. The van der Waals surface area contributed by atoms with Crippen LogP contribution in [0.1, 0.15) is 77.6 Å². The Morgan fingerprint density at radius 3 is 2.15 bits per heavy atom. The lowest BCUT2D eigenvalue weighted by Gasteiger charge is -2.40. The van der Waals surface area contributed by atoms with Crippen LogP contribution in [0, 0.1) is 23.2 Å². The molecule has 1 unspecified atom stereocenters. The second kappa shape index (κ2) is 17.1. The van der Waals surface area contributed by atoms with Gasteiger partial charge in [-0.3, -0.25) is 34.3 Å². The van der Waals surface area contributed by atoms with Gasteiger partial charge in [0.2, 0.25) is 11.8 Å². The fourth-order valence-corrected chi connectivity index (χ4v) is 9.99. The highest BCUT2D eigenvalue weighted by atomic mass is 35.5. The maximum Gasteiger partial charge on any atom is 0.281 e. The van der Waals surface area contributed by atoms with Gasteiger partial charge in [-0.25, -0.2) is 0 Å². The molecule has 4 amide bonds. The Hall–Kier alpha value is -5.30. The maximum atomic E-state index is 13.3. The van der Waals surface area contributed by atoms with Crippen molar-refractivity contribution >= 4 is 62.8 Å². The van der Waals surface area contributed by atoms with Crippen LogP contribution in [0.15, 0.2) is 70.0 Å². The SMILES string of the molecule is N#Cc1ccc(OC2CCC(/C=N\S(=O)(=O)c3ccc(N4CCN(CC5CCN(c6ccc7c(c6)C(=O)N(C6CCC(=O)NC6=O)C7=O)CC5)CC4)cc3)CC2)cc1Cl. The second-order valence-electron chi connectivity index (χ2n) is 16.0. The van der Waals surface area contributed by atoms with Crippen molar-refractivity contribution in [1.82, 2.24) is 15.1 Å². The zero-order valence-corrected chi connectivity index (χ0v) is 34.2. The van der Waals surface area contributed by atoms with E-state index in [-0.39, 0.29) is 35.3 Å². The molecule has 0 spiro atoms. The van der Waals surface area contributed by atoms with Crippen LogP contribution < -0.4 is 19.9 Å². The topological polar surface area (TPSA) is 173 Å². The van der Waals surface area contributed by atoms with E-state index in [0.717, 1.165) is 101 Å². The van der Waals surface area contributed by atoms with Gasteiger partial charge >= 0.3 is 0 Å². The van der Waals surface area contributed by atoms with Gasteiger partial charge in [0.25, 0.3) is 21.8 Å². The van der Waals surface area contributed by atoms with Crippen molar-refractivity contribution in [3.8, 4) is 11.8 Å². The van der Waals surface area contributed by atoms with Crippen molar-refractivity contribution < 1.29 is 32.3 Å². The molecule has 16 heteroatoms. The van der Waals surface area contributed by atoms with Crippen LogP contribution in [0.3, 0.4) is 0 Å². The predicted molar refractivity (Wildman–Crippen MR) is 221 cm³/mol. The van der Waals surface area contributed by atoms with Crippen LogP contribution in [-0.4, -0.2) is 106 Å². The first-order chi connectivity index (χ1) is 28.4. The minimum atomic E-state index is -3.83. The normalized spacial score (nSPS) is 23.4. The van der Waals surface area contributed by atoms with Crippen molar-refractivity contribution in [3.05, 3.63) is 82.4 Å². The molecule has 4 fully saturated rings. The number of carbonyl (C=O) groups excluding carboxylic acids is 4. The molecule has 0 bridgehead atoms. The van der Waals surface area contributed by atoms with Crippen molar-refractivity contribution in [2.24, 2.45) is 16.2 Å². The smallest absolute Gasteiger partial charge is 0.281 e. The summed E-state index contributed by atoms with van der Waals surface area (Å²) in [5.74, 6) is -0.814. The summed E-state index contributed by atoms with van der Waals surface area (Å²) < 4.78 is 36.3. The summed E-state index contributed by atoms with van der Waals surface area (Å²) in [5.41, 5.74) is 2.85. The number of benzene rings is 3. The number of piperazine rings is 1. The molecule has 1 aliphatic carbocycles. The van der Waals surface area contributed by atoms with Crippen LogP contribution in [0.5, 0.6) is 5.75 Å². The van der Waals surface area contributed by atoms with E-state index in [4.69, 9.17) is 21.6 Å². The van der Waals surface area contributed by atoms with Gasteiger partial charge in [-0.15, -0.1) is 0 Å². The number of fused-ring (bicyclic) bond motifs is 1. The van der Waals surface area contributed by atoms with E-state index < -0.39 is 39.7 Å². The minimum absolute atomic E-state index is 0.00897. The molecule has 0 aromatic heterocycles. The lowest BCUT2D eigenvalue weighted by molar-refractivity contribution is -0.136. The minimum Gasteiger partial charge on any atom is -0.490 e. The van der Waals surface area contributed by atoms with E-state index in [9.17, 15) is 27.6 Å². The molecule has 59 heavy (non-hydrogen) atoms. The monoisotopic (exact) mass is 839 g/mol. The zero-order valence-electron chi connectivity index (χ0n) is 32.6. The zero-order chi connectivity index (χ0) is 41.3. The lowest BCUT2D eigenvalue weighted by Crippen LogP contribution is -2.54. The maximum absolute atomic E-state index is 13.3. The summed E-state index contributed by atoms with van der Waals surface area (Å²) in [5, 5.41) is 11.7. The molecule has 1 atom stereocenters. The van der Waals surface area contributed by atoms with Gasteiger partial charge in [0.1, 0.15) is 17.9 Å². The molecule has 8 rings (SSSR count). The van der Waals surface area contributed by atoms with E-state index in [1.165, 1.54) is 0 Å². The third-order valence-corrected chi connectivity index (χ3v) is 13.9. The largest absolute Gasteiger partial charge is 0.490 e. The molecule has 3 saturated heterocycles. The molecule has 5 aliphatic rings. The van der Waals surface area contributed by atoms with E-state index in [1.54, 1.807) is 48.7 Å². The van der Waals surface area contributed by atoms with Crippen molar-refractivity contribution in [3.63, 3.8) is 0 Å². The van der Waals surface area contributed by atoms with E-state index in [1.807, 2.05) is 24.3 Å². The average Bonchev–Trinajstić information content (AvgIpc) is 3.49. The number of anilines is 2. The molecule has 1 N–H and O–H groups in total. The van der Waals surface area contributed by atoms with Gasteiger partial charge in [0.15, 0.2) is 0 Å². The van der Waals surface area contributed by atoms with Crippen molar-refractivity contribution in [1.29, 1.82) is 5.26 Å². The van der Waals surface area contributed by atoms with Crippen molar-refractivity contribution in [2.75, 3.05) is 55.6 Å². The Balaban J connectivity index is 0.766. The first kappa shape index (κ1) is 40.5. The Kier molecular flexibility index (Phi) is 11.7. The standard InChI is InChI=1S/C43H46ClN7O7S/c44-38-24-34(9-3-30(38)25-45)58-33-7-1-28(2-8-33)26-46-59(56,57)35-10-4-31(5-11-35)50-21-19-48(20-22-50)27-29-15-17-49(18-16-29)32-6-12-36-37(23-32)43(55)51(42(36)54)39-13-14-40(52)47-41(39)53/h3-6,9-12,23-24,26,28-29,33,39H,1-2,7-8,13-22,27H2,(H,47,52,53)/b46-26-. The van der Waals surface area contributed by atoms with Gasteiger partial charge in [0, 0.05) is 75.9 Å². The molecule has 0 radical (unpaired) electrons. The van der Waals surface area contributed by atoms with Gasteiger partial charge in [0.05, 0.1) is 32.7 Å². The lowest BCUT2D eigenvalue weighted by atomic mass is 9.88. The van der Waals surface area contributed by atoms with Gasteiger partial charge < -0.3 is 14.5 Å². The van der Waals surface area contributed by atoms with E-state index in [2.05, 4.69) is 24.4 Å². The number of halogens is 1. The molecule has 4 aliphatic heterocycles. The van der Waals surface area contributed by atoms with Crippen LogP contribution in [0.4, 0.5) is 11.4 Å². The molecule has 3 aromatic rings. The van der Waals surface area contributed by atoms with Crippen LogP contribution in [0.2, 0.25) is 5.02 Å². The molecule has 14 nitrogen and oxygen atoms in total. The Morgan fingerprint density at radius 2 is 1.47 bits per heavy atom. The van der Waals surface area contributed by atoms with Gasteiger partial charge in [-0.2, -0.15) is 18.1 Å². The summed E-state index contributed by atoms with van der Waals surface area (Å²) >= 11 is 6.14. The highest BCUT2D eigenvalue weighted by Gasteiger charge is 2.45. The summed E-state index contributed by atoms with van der Waals surface area (Å²) in [4.78, 5) is 58.7. The number of nitrogens with one attached hydrogen (secondary N) is 1. The van der Waals surface area contributed by atoms with Gasteiger partial charge in [-0.1, -0.05) is 11.6 Å². The molecule has 4 heterocycles. The molecule has 3 aromatic carbocycles. The average molecular weight is 840 g/mol. The molecule has 308 valence electrons. The van der Waals surface area contributed by atoms with Crippen LogP contribution >= 0.6 is 11.6 Å². The van der Waals surface area contributed by atoms with Crippen molar-refractivity contribution in [2.45, 2.75) is 68.4 Å². The number of carbonyl (C=O) groups is 4. The third-order valence-electron chi connectivity index (χ3n) is 12.3. The first-order valence-electron chi connectivity index (χ1n) is 20.3. The summed E-state index contributed by atoms with van der Waals surface area (Å²) in [7, 11) is -3.83. The number of hydrogen-bond donors (Lipinski definition) is 1. The summed E-state index contributed by atoms with van der Waals surface area (Å²) in [6.07, 6.45) is 6.81. The number of imide groups is 2. The van der Waals surface area contributed by atoms with E-state index in [0.29, 0.717) is 27.8 Å². The molecular weight excluding hydrogens is 794 g/mol. The number of sulfonamides is 1. The van der Waals surface area contributed by atoms with E-state index >= 15 is 0 Å². The fraction of sp³-hybridized carbons (Fsp3) is 0.442. The van der Waals surface area contributed by atoms with Crippen LogP contribution in [-0.2, 0) is 19.6 Å². The quantitative estimate of drug-likeness (QED) is 0.214. The number of amides is 4. The predicted octanol–water partition coefficient (Wildman–Crippen LogP) is 5.05. The number of nitriles is 1. The number of hydrogen-bond acceptors (Lipinski definition) is 11. The van der Waals surface area contributed by atoms with Crippen LogP contribution in [0.25, 0.3) is 0 Å². The summed E-state index contributed by atoms with van der Waals surface area (Å²) in [6, 6.07) is 18.4. The Bertz CT molecular complexity index is 2310.